The van der Waals surface area contributed by atoms with Gasteiger partial charge in [0.2, 0.25) is 0 Å². The van der Waals surface area contributed by atoms with E-state index in [1.807, 2.05) is 79.9 Å². The van der Waals surface area contributed by atoms with Crippen LogP contribution in [-0.4, -0.2) is 24.9 Å². The van der Waals surface area contributed by atoms with Crippen LogP contribution in [0.4, 0.5) is 4.39 Å². The minimum atomic E-state index is -0.316. The van der Waals surface area contributed by atoms with Crippen LogP contribution in [0.2, 0.25) is 0 Å². The molecule has 0 radical (unpaired) electrons. The number of amides is 1. The molecule has 0 unspecified atom stereocenters. The molecule has 5 rings (SSSR count). The molecule has 0 bridgehead atoms. The number of thioether (sulfide) groups is 1. The van der Waals surface area contributed by atoms with Crippen molar-refractivity contribution in [3.63, 3.8) is 0 Å². The fraction of sp³-hybridized carbons (Fsp3) is 0.0741. The number of benzene rings is 3. The van der Waals surface area contributed by atoms with Crippen molar-refractivity contribution in [1.82, 2.24) is 14.7 Å². The molecule has 2 heterocycles. The van der Waals surface area contributed by atoms with E-state index in [1.54, 1.807) is 21.7 Å². The molecule has 4 aromatic rings. The monoisotopic (exact) mass is 485 g/mol. The molecule has 7 heteroatoms. The Labute approximate surface area is 206 Å². The second-order valence-electron chi connectivity index (χ2n) is 7.86. The molecule has 4 nitrogen and oxygen atoms in total. The molecule has 1 aliphatic rings. The van der Waals surface area contributed by atoms with Crippen molar-refractivity contribution in [2.75, 3.05) is 0 Å². The van der Waals surface area contributed by atoms with Crippen molar-refractivity contribution in [1.29, 1.82) is 0 Å². The summed E-state index contributed by atoms with van der Waals surface area (Å²) < 4.78 is 15.8. The minimum absolute atomic E-state index is 0.135. The van der Waals surface area contributed by atoms with Gasteiger partial charge in [-0.1, -0.05) is 72.5 Å². The predicted molar refractivity (Wildman–Crippen MR) is 139 cm³/mol. The summed E-state index contributed by atoms with van der Waals surface area (Å²) in [5.41, 5.74) is 4.07. The van der Waals surface area contributed by atoms with E-state index in [2.05, 4.69) is 0 Å². The molecule has 34 heavy (non-hydrogen) atoms. The number of thiocarbonyl (C=S) groups is 1. The molecule has 0 aliphatic carbocycles. The van der Waals surface area contributed by atoms with Gasteiger partial charge in [-0.3, -0.25) is 9.69 Å². The van der Waals surface area contributed by atoms with Gasteiger partial charge in [-0.15, -0.1) is 0 Å². The van der Waals surface area contributed by atoms with Crippen LogP contribution in [0, 0.1) is 5.82 Å². The third kappa shape index (κ3) is 4.32. The molecule has 0 saturated carbocycles. The van der Waals surface area contributed by atoms with Gasteiger partial charge in [0, 0.05) is 17.3 Å². The van der Waals surface area contributed by atoms with Gasteiger partial charge in [-0.25, -0.2) is 9.07 Å². The Hall–Kier alpha value is -3.55. The molecule has 168 valence electrons. The Morgan fingerprint density at radius 3 is 2.29 bits per heavy atom. The fourth-order valence-electron chi connectivity index (χ4n) is 3.87. The number of nitrogens with zero attached hydrogens (tertiary/aromatic N) is 3. The Morgan fingerprint density at radius 2 is 1.62 bits per heavy atom. The second kappa shape index (κ2) is 9.37. The summed E-state index contributed by atoms with van der Waals surface area (Å²) >= 11 is 6.86. The number of carbonyl (C=O) groups is 1. The van der Waals surface area contributed by atoms with Gasteiger partial charge in [0.15, 0.2) is 0 Å². The van der Waals surface area contributed by atoms with Crippen molar-refractivity contribution in [2.45, 2.75) is 13.0 Å². The highest BCUT2D eigenvalue weighted by atomic mass is 32.2. The van der Waals surface area contributed by atoms with Gasteiger partial charge in [-0.05, 0) is 55.0 Å². The number of aromatic nitrogens is 2. The third-order valence-electron chi connectivity index (χ3n) is 5.66. The first kappa shape index (κ1) is 22.3. The summed E-state index contributed by atoms with van der Waals surface area (Å²) in [6, 6.07) is 25.5. The molecular formula is C27H20FN3OS2. The molecule has 0 spiro atoms. The number of para-hydroxylation sites is 1. The predicted octanol–water partition coefficient (Wildman–Crippen LogP) is 6.64. The quantitative estimate of drug-likeness (QED) is 0.235. The van der Waals surface area contributed by atoms with Crippen LogP contribution in [-0.2, 0) is 4.79 Å². The Morgan fingerprint density at radius 1 is 0.971 bits per heavy atom. The Balaban J connectivity index is 1.54. The SMILES string of the molecule is C[C@@H](c1ccccc1)N1C(=O)/C(=C\c2cn(-c3ccccc3)nc2-c2ccc(F)cc2)SC1=S. The molecule has 1 atom stereocenters. The number of rotatable bonds is 5. The van der Waals surface area contributed by atoms with E-state index >= 15 is 0 Å². The zero-order chi connectivity index (χ0) is 23.7. The summed E-state index contributed by atoms with van der Waals surface area (Å²) in [5, 5.41) is 4.75. The lowest BCUT2D eigenvalue weighted by atomic mass is 10.1. The number of carbonyl (C=O) groups excluding carboxylic acids is 1. The maximum Gasteiger partial charge on any atom is 0.266 e. The third-order valence-corrected chi connectivity index (χ3v) is 6.99. The maximum absolute atomic E-state index is 13.5. The van der Waals surface area contributed by atoms with Gasteiger partial charge in [0.05, 0.1) is 22.3 Å². The number of halogens is 1. The lowest BCUT2D eigenvalue weighted by Crippen LogP contribution is -2.30. The van der Waals surface area contributed by atoms with Crippen molar-refractivity contribution in [3.05, 3.63) is 113 Å². The van der Waals surface area contributed by atoms with Crippen LogP contribution in [0.1, 0.15) is 24.1 Å². The van der Waals surface area contributed by atoms with E-state index in [0.717, 1.165) is 22.4 Å². The normalized spacial score (nSPS) is 15.8. The molecule has 1 aliphatic heterocycles. The van der Waals surface area contributed by atoms with E-state index in [9.17, 15) is 9.18 Å². The van der Waals surface area contributed by atoms with E-state index in [-0.39, 0.29) is 17.8 Å². The van der Waals surface area contributed by atoms with Crippen molar-refractivity contribution in [2.24, 2.45) is 0 Å². The van der Waals surface area contributed by atoms with Gasteiger partial charge in [0.25, 0.3) is 5.91 Å². The molecule has 1 aromatic heterocycles. The summed E-state index contributed by atoms with van der Waals surface area (Å²) in [4.78, 5) is 15.6. The van der Waals surface area contributed by atoms with E-state index in [4.69, 9.17) is 17.3 Å². The molecule has 1 saturated heterocycles. The number of hydrogen-bond donors (Lipinski definition) is 0. The average molecular weight is 486 g/mol. The summed E-state index contributed by atoms with van der Waals surface area (Å²) in [5.74, 6) is -0.451. The van der Waals surface area contributed by atoms with Crippen LogP contribution in [0.25, 0.3) is 23.0 Å². The minimum Gasteiger partial charge on any atom is -0.286 e. The van der Waals surface area contributed by atoms with Gasteiger partial charge in [0.1, 0.15) is 10.1 Å². The highest BCUT2D eigenvalue weighted by molar-refractivity contribution is 8.26. The fourth-order valence-corrected chi connectivity index (χ4v) is 5.28. The van der Waals surface area contributed by atoms with E-state index in [1.165, 1.54) is 23.9 Å². The zero-order valence-electron chi connectivity index (χ0n) is 18.3. The van der Waals surface area contributed by atoms with Crippen LogP contribution >= 0.6 is 24.0 Å². The van der Waals surface area contributed by atoms with E-state index < -0.39 is 0 Å². The van der Waals surface area contributed by atoms with E-state index in [0.29, 0.717) is 14.9 Å². The van der Waals surface area contributed by atoms with Gasteiger partial charge < -0.3 is 0 Å². The Bertz CT molecular complexity index is 1380. The molecule has 0 N–H and O–H groups in total. The van der Waals surface area contributed by atoms with Gasteiger partial charge in [-0.2, -0.15) is 5.10 Å². The lowest BCUT2D eigenvalue weighted by molar-refractivity contribution is -0.123. The molecule has 1 fully saturated rings. The smallest absolute Gasteiger partial charge is 0.266 e. The van der Waals surface area contributed by atoms with Crippen molar-refractivity contribution >= 4 is 40.3 Å². The first-order chi connectivity index (χ1) is 16.5. The summed E-state index contributed by atoms with van der Waals surface area (Å²) in [7, 11) is 0. The van der Waals surface area contributed by atoms with Crippen LogP contribution in [0.5, 0.6) is 0 Å². The Kier molecular flexibility index (Phi) is 6.13. The largest absolute Gasteiger partial charge is 0.286 e. The van der Waals surface area contributed by atoms with Crippen LogP contribution in [0.3, 0.4) is 0 Å². The first-order valence-electron chi connectivity index (χ1n) is 10.7. The summed E-state index contributed by atoms with van der Waals surface area (Å²) in [6.45, 7) is 1.97. The maximum atomic E-state index is 13.5. The topological polar surface area (TPSA) is 38.1 Å². The van der Waals surface area contributed by atoms with Crippen LogP contribution < -0.4 is 0 Å². The second-order valence-corrected chi connectivity index (χ2v) is 9.53. The molecule has 3 aromatic carbocycles. The standard InChI is InChI=1S/C27H20FN3OS2/c1-18(19-8-4-2-5-9-19)31-26(32)24(34-27(31)33)16-21-17-30(23-10-6-3-7-11-23)29-25(21)20-12-14-22(28)15-13-20/h2-18H,1H3/b24-16+/t18-/m0/s1. The average Bonchev–Trinajstić information content (AvgIpc) is 3.41. The summed E-state index contributed by atoms with van der Waals surface area (Å²) in [6.07, 6.45) is 3.70. The highest BCUT2D eigenvalue weighted by Gasteiger charge is 2.36. The van der Waals surface area contributed by atoms with Crippen molar-refractivity contribution in [3.8, 4) is 16.9 Å². The molecular weight excluding hydrogens is 465 g/mol. The highest BCUT2D eigenvalue weighted by Crippen LogP contribution is 2.39. The van der Waals surface area contributed by atoms with Crippen LogP contribution in [0.15, 0.2) is 96.0 Å². The number of hydrogen-bond acceptors (Lipinski definition) is 4. The van der Waals surface area contributed by atoms with Gasteiger partial charge >= 0.3 is 0 Å². The first-order valence-corrected chi connectivity index (χ1v) is 12.0. The lowest BCUT2D eigenvalue weighted by Gasteiger charge is -2.23. The molecule has 1 amide bonds. The van der Waals surface area contributed by atoms with Crippen molar-refractivity contribution < 1.29 is 9.18 Å². The zero-order valence-corrected chi connectivity index (χ0v) is 19.9.